The van der Waals surface area contributed by atoms with Crippen LogP contribution < -0.4 is 0 Å². The molecule has 2 aliphatic carbocycles. The van der Waals surface area contributed by atoms with Crippen LogP contribution in [0.25, 0.3) is 0 Å². The number of ether oxygens (including phenoxy) is 3. The number of esters is 1. The van der Waals surface area contributed by atoms with E-state index in [0.717, 1.165) is 12.8 Å². The number of fused-ring (bicyclic) bond motifs is 2. The van der Waals surface area contributed by atoms with E-state index in [1.54, 1.807) is 0 Å². The maximum absolute atomic E-state index is 11.5. The Morgan fingerprint density at radius 2 is 2.14 bits per heavy atom. The van der Waals surface area contributed by atoms with Gasteiger partial charge in [0, 0.05) is 17.8 Å². The van der Waals surface area contributed by atoms with Crippen LogP contribution in [-0.4, -0.2) is 47.7 Å². The van der Waals surface area contributed by atoms with Gasteiger partial charge >= 0.3 is 5.97 Å². The topological polar surface area (TPSA) is 68.3 Å². The Morgan fingerprint density at radius 1 is 1.45 bits per heavy atom. The summed E-state index contributed by atoms with van der Waals surface area (Å²) in [7, 11) is 0. The predicted molar refractivity (Wildman–Crippen MR) is 78.1 cm³/mol. The van der Waals surface area contributed by atoms with Gasteiger partial charge in [-0.1, -0.05) is 25.5 Å². The lowest BCUT2D eigenvalue weighted by Gasteiger charge is -2.56. The van der Waals surface area contributed by atoms with E-state index in [2.05, 4.69) is 26.8 Å². The third kappa shape index (κ3) is 1.43. The van der Waals surface area contributed by atoms with Gasteiger partial charge < -0.3 is 19.3 Å². The van der Waals surface area contributed by atoms with E-state index in [4.69, 9.17) is 14.2 Å². The molecule has 0 radical (unpaired) electrons. The van der Waals surface area contributed by atoms with E-state index < -0.39 is 29.3 Å². The van der Waals surface area contributed by atoms with Crippen LogP contribution in [-0.2, 0) is 19.0 Å². The first kappa shape index (κ1) is 14.7. The highest BCUT2D eigenvalue weighted by Gasteiger charge is 2.84. The van der Waals surface area contributed by atoms with Crippen LogP contribution in [0, 0.1) is 10.8 Å². The molecule has 1 saturated carbocycles. The zero-order chi connectivity index (χ0) is 15.9. The zero-order valence-corrected chi connectivity index (χ0v) is 13.6. The van der Waals surface area contributed by atoms with Crippen molar-refractivity contribution in [2.45, 2.75) is 70.6 Å². The fourth-order valence-electron chi connectivity index (χ4n) is 5.20. The second-order valence-corrected chi connectivity index (χ2v) is 7.81. The summed E-state index contributed by atoms with van der Waals surface area (Å²) in [4.78, 5) is 11.5. The number of aliphatic hydroxyl groups excluding tert-OH is 1. The zero-order valence-electron chi connectivity index (χ0n) is 13.6. The van der Waals surface area contributed by atoms with Gasteiger partial charge in [-0.2, -0.15) is 0 Å². The van der Waals surface area contributed by atoms with Gasteiger partial charge in [0.25, 0.3) is 0 Å². The smallest absolute Gasteiger partial charge is 0.303 e. The monoisotopic (exact) mass is 308 g/mol. The molecule has 5 nitrogen and oxygen atoms in total. The van der Waals surface area contributed by atoms with Gasteiger partial charge in [0.15, 0.2) is 6.10 Å². The molecule has 0 aromatic heterocycles. The molecule has 22 heavy (non-hydrogen) atoms. The van der Waals surface area contributed by atoms with E-state index in [9.17, 15) is 9.90 Å². The van der Waals surface area contributed by atoms with Crippen LogP contribution in [0.1, 0.15) is 40.5 Å². The molecule has 0 aromatic rings. The maximum atomic E-state index is 11.5. The predicted octanol–water partition coefficient (Wildman–Crippen LogP) is 1.58. The number of epoxide rings is 1. The van der Waals surface area contributed by atoms with Gasteiger partial charge in [-0.25, -0.2) is 0 Å². The lowest BCUT2D eigenvalue weighted by molar-refractivity contribution is -0.207. The Bertz CT molecular complexity index is 565. The first-order valence-corrected chi connectivity index (χ1v) is 8.08. The van der Waals surface area contributed by atoms with Crippen LogP contribution in [0.15, 0.2) is 11.6 Å². The molecular weight excluding hydrogens is 284 g/mol. The Kier molecular flexibility index (Phi) is 2.76. The molecule has 0 unspecified atom stereocenters. The SMILES string of the molecule is CC(=O)O[C@@H]1[C@@H](O)[C@]2(C)[C@@]3(C)CCC(C)=C[C@H]3O[C@H]1[C@@]21CO1. The summed E-state index contributed by atoms with van der Waals surface area (Å²) >= 11 is 0. The Hall–Kier alpha value is -0.910. The number of hydrogen-bond donors (Lipinski definition) is 1. The van der Waals surface area contributed by atoms with Gasteiger partial charge in [-0.15, -0.1) is 0 Å². The number of aliphatic hydroxyl groups is 1. The van der Waals surface area contributed by atoms with E-state index in [1.807, 2.05) is 0 Å². The summed E-state index contributed by atoms with van der Waals surface area (Å²) in [6.07, 6.45) is 2.23. The van der Waals surface area contributed by atoms with Crippen molar-refractivity contribution in [2.24, 2.45) is 10.8 Å². The van der Waals surface area contributed by atoms with Crippen LogP contribution in [0.5, 0.6) is 0 Å². The average Bonchev–Trinajstić information content (AvgIpc) is 3.22. The number of carbonyl (C=O) groups excluding carboxylic acids is 1. The highest BCUT2D eigenvalue weighted by Crippen LogP contribution is 2.71. The second kappa shape index (κ2) is 4.13. The molecule has 4 rings (SSSR count). The third-order valence-electron chi connectivity index (χ3n) is 6.88. The summed E-state index contributed by atoms with van der Waals surface area (Å²) in [6, 6.07) is 0. The first-order valence-electron chi connectivity index (χ1n) is 8.08. The van der Waals surface area contributed by atoms with Crippen molar-refractivity contribution in [3.63, 3.8) is 0 Å². The number of hydrogen-bond acceptors (Lipinski definition) is 5. The molecule has 2 bridgehead atoms. The van der Waals surface area contributed by atoms with Crippen molar-refractivity contribution in [2.75, 3.05) is 6.61 Å². The van der Waals surface area contributed by atoms with Crippen molar-refractivity contribution in [3.8, 4) is 0 Å². The van der Waals surface area contributed by atoms with Gasteiger partial charge in [-0.3, -0.25) is 4.79 Å². The molecular formula is C17H24O5. The second-order valence-electron chi connectivity index (χ2n) is 7.81. The molecule has 7 atom stereocenters. The highest BCUT2D eigenvalue weighted by atomic mass is 16.7. The molecule has 3 fully saturated rings. The molecule has 5 heteroatoms. The van der Waals surface area contributed by atoms with Crippen LogP contribution >= 0.6 is 0 Å². The summed E-state index contributed by atoms with van der Waals surface area (Å²) in [6.45, 7) is 8.32. The van der Waals surface area contributed by atoms with Crippen LogP contribution in [0.4, 0.5) is 0 Å². The van der Waals surface area contributed by atoms with Gasteiger partial charge in [-0.05, 0) is 19.8 Å². The van der Waals surface area contributed by atoms with Gasteiger partial charge in [0.1, 0.15) is 17.8 Å². The maximum Gasteiger partial charge on any atom is 0.303 e. The van der Waals surface area contributed by atoms with Gasteiger partial charge in [0.2, 0.25) is 0 Å². The van der Waals surface area contributed by atoms with E-state index in [-0.39, 0.29) is 17.5 Å². The Balaban J connectivity index is 1.83. The standard InChI is InChI=1S/C17H24O5/c1-9-5-6-15(3)11(7-9)22-14-12(21-10(2)18)13(19)16(15,4)17(14)8-20-17/h7,11-14,19H,5-6,8H2,1-4H3/t11-,12-,13-,14-,15+,16-,17+/m1/s1. The van der Waals surface area contributed by atoms with E-state index in [1.165, 1.54) is 12.5 Å². The summed E-state index contributed by atoms with van der Waals surface area (Å²) in [5.41, 5.74) is 0.0898. The largest absolute Gasteiger partial charge is 0.457 e. The number of rotatable bonds is 1. The quantitative estimate of drug-likeness (QED) is 0.452. The van der Waals surface area contributed by atoms with Crippen molar-refractivity contribution < 1.29 is 24.1 Å². The number of carbonyl (C=O) groups is 1. The molecule has 2 saturated heterocycles. The fraction of sp³-hybridized carbons (Fsp3) is 0.824. The molecule has 4 aliphatic rings. The molecule has 2 heterocycles. The minimum atomic E-state index is -0.772. The molecule has 0 amide bonds. The molecule has 1 N–H and O–H groups in total. The van der Waals surface area contributed by atoms with Crippen molar-refractivity contribution in [1.82, 2.24) is 0 Å². The minimum Gasteiger partial charge on any atom is -0.457 e. The van der Waals surface area contributed by atoms with Crippen molar-refractivity contribution >= 4 is 5.97 Å². The first-order chi connectivity index (χ1) is 10.3. The normalized spacial score (nSPS) is 55.6. The minimum absolute atomic E-state index is 0.0683. The fourth-order valence-corrected chi connectivity index (χ4v) is 5.20. The highest BCUT2D eigenvalue weighted by molar-refractivity contribution is 5.66. The number of allylic oxidation sites excluding steroid dienone is 1. The lowest BCUT2D eigenvalue weighted by atomic mass is 9.52. The van der Waals surface area contributed by atoms with Crippen molar-refractivity contribution in [1.29, 1.82) is 0 Å². The molecule has 122 valence electrons. The van der Waals surface area contributed by atoms with Crippen molar-refractivity contribution in [3.05, 3.63) is 11.6 Å². The third-order valence-corrected chi connectivity index (χ3v) is 6.88. The van der Waals surface area contributed by atoms with E-state index in [0.29, 0.717) is 6.61 Å². The average molecular weight is 308 g/mol. The van der Waals surface area contributed by atoms with Crippen LogP contribution in [0.2, 0.25) is 0 Å². The Morgan fingerprint density at radius 3 is 2.73 bits per heavy atom. The summed E-state index contributed by atoms with van der Waals surface area (Å²) in [5.74, 6) is -0.389. The van der Waals surface area contributed by atoms with Crippen LogP contribution in [0.3, 0.4) is 0 Å². The summed E-state index contributed by atoms with van der Waals surface area (Å²) in [5, 5.41) is 11.1. The molecule has 2 aliphatic heterocycles. The Labute approximate surface area is 130 Å². The van der Waals surface area contributed by atoms with E-state index >= 15 is 0 Å². The lowest BCUT2D eigenvalue weighted by Crippen LogP contribution is -2.63. The molecule has 0 aromatic carbocycles. The molecule has 1 spiro atoms. The summed E-state index contributed by atoms with van der Waals surface area (Å²) < 4.78 is 17.6. The van der Waals surface area contributed by atoms with Gasteiger partial charge in [0.05, 0.1) is 12.7 Å².